The minimum Gasteiger partial charge on any atom is -0.350 e. The average Bonchev–Trinajstić information content (AvgIpc) is 2.94. The predicted molar refractivity (Wildman–Crippen MR) is 65.7 cm³/mol. The van der Waals surface area contributed by atoms with E-state index < -0.39 is 0 Å². The van der Waals surface area contributed by atoms with Crippen LogP contribution in [0.4, 0.5) is 0 Å². The van der Waals surface area contributed by atoms with Crippen LogP contribution in [-0.4, -0.2) is 39.2 Å². The second-order valence-electron chi connectivity index (χ2n) is 2.93. The number of hydrogen-bond acceptors (Lipinski definition) is 6. The van der Waals surface area contributed by atoms with Gasteiger partial charge in [0.25, 0.3) is 5.91 Å². The van der Waals surface area contributed by atoms with E-state index in [0.717, 1.165) is 0 Å². The van der Waals surface area contributed by atoms with E-state index in [9.17, 15) is 4.79 Å². The number of halogens is 1. The first-order valence-electron chi connectivity index (χ1n) is 4.62. The van der Waals surface area contributed by atoms with E-state index in [1.165, 1.54) is 22.3 Å². The molecule has 7 nitrogen and oxygen atoms in total. The van der Waals surface area contributed by atoms with Gasteiger partial charge in [-0.15, -0.1) is 28.8 Å². The fourth-order valence-electron chi connectivity index (χ4n) is 1.19. The SMILES string of the molecule is Cl.NCCNC(=O)c1sccc1-n1cnnn1. The molecule has 2 rings (SSSR count). The van der Waals surface area contributed by atoms with Crippen molar-refractivity contribution in [3.05, 3.63) is 22.7 Å². The molecule has 0 bridgehead atoms. The van der Waals surface area contributed by atoms with Gasteiger partial charge < -0.3 is 11.1 Å². The maximum atomic E-state index is 11.7. The van der Waals surface area contributed by atoms with Crippen molar-refractivity contribution in [2.45, 2.75) is 0 Å². The van der Waals surface area contributed by atoms with Crippen LogP contribution < -0.4 is 11.1 Å². The van der Waals surface area contributed by atoms with Gasteiger partial charge in [-0.1, -0.05) is 0 Å². The third-order valence-corrected chi connectivity index (χ3v) is 2.78. The standard InChI is InChI=1S/C8H10N6OS.ClH/c9-2-3-10-8(15)7-6(1-4-16-7)14-5-11-12-13-14;/h1,4-5H,2-3,9H2,(H,10,15);1H. The molecule has 2 aromatic heterocycles. The zero-order chi connectivity index (χ0) is 11.4. The van der Waals surface area contributed by atoms with Crippen molar-refractivity contribution in [2.75, 3.05) is 13.1 Å². The lowest BCUT2D eigenvalue weighted by Gasteiger charge is -2.03. The van der Waals surface area contributed by atoms with Gasteiger partial charge >= 0.3 is 0 Å². The molecular weight excluding hydrogens is 264 g/mol. The van der Waals surface area contributed by atoms with Crippen LogP contribution in [0.2, 0.25) is 0 Å². The van der Waals surface area contributed by atoms with Crippen molar-refractivity contribution in [3.8, 4) is 5.69 Å². The Morgan fingerprint density at radius 3 is 3.06 bits per heavy atom. The average molecular weight is 275 g/mol. The Labute approximate surface area is 107 Å². The lowest BCUT2D eigenvalue weighted by Crippen LogP contribution is -2.29. The summed E-state index contributed by atoms with van der Waals surface area (Å²) in [6.07, 6.45) is 1.45. The van der Waals surface area contributed by atoms with E-state index in [2.05, 4.69) is 20.8 Å². The van der Waals surface area contributed by atoms with Gasteiger partial charge in [0.15, 0.2) is 0 Å². The lowest BCUT2D eigenvalue weighted by molar-refractivity contribution is 0.0958. The molecule has 0 saturated heterocycles. The number of rotatable bonds is 4. The number of nitrogens with one attached hydrogen (secondary N) is 1. The normalized spacial score (nSPS) is 9.71. The number of carbonyl (C=O) groups excluding carboxylic acids is 1. The van der Waals surface area contributed by atoms with E-state index in [1.54, 1.807) is 6.07 Å². The molecule has 0 unspecified atom stereocenters. The van der Waals surface area contributed by atoms with Gasteiger partial charge in [-0.2, -0.15) is 4.68 Å². The number of hydrogen-bond donors (Lipinski definition) is 2. The third-order valence-electron chi connectivity index (χ3n) is 1.88. The topological polar surface area (TPSA) is 98.7 Å². The maximum Gasteiger partial charge on any atom is 0.263 e. The van der Waals surface area contributed by atoms with Crippen LogP contribution in [0.25, 0.3) is 5.69 Å². The smallest absolute Gasteiger partial charge is 0.263 e. The Kier molecular flexibility index (Phi) is 5.01. The highest BCUT2D eigenvalue weighted by Gasteiger charge is 2.14. The molecule has 2 aromatic rings. The van der Waals surface area contributed by atoms with Crippen molar-refractivity contribution in [1.29, 1.82) is 0 Å². The molecule has 0 atom stereocenters. The highest BCUT2D eigenvalue weighted by molar-refractivity contribution is 7.12. The number of nitrogens with zero attached hydrogens (tertiary/aromatic N) is 4. The summed E-state index contributed by atoms with van der Waals surface area (Å²) in [6, 6.07) is 1.79. The van der Waals surface area contributed by atoms with Crippen LogP contribution in [0, 0.1) is 0 Å². The van der Waals surface area contributed by atoms with E-state index in [1.807, 2.05) is 5.38 Å². The number of thiophene rings is 1. The van der Waals surface area contributed by atoms with Gasteiger partial charge in [0.2, 0.25) is 0 Å². The summed E-state index contributed by atoms with van der Waals surface area (Å²) in [4.78, 5) is 12.3. The van der Waals surface area contributed by atoms with Gasteiger partial charge in [0, 0.05) is 13.1 Å². The number of amides is 1. The van der Waals surface area contributed by atoms with Crippen LogP contribution in [-0.2, 0) is 0 Å². The van der Waals surface area contributed by atoms with Gasteiger partial charge in [0.05, 0.1) is 5.69 Å². The Morgan fingerprint density at radius 1 is 1.59 bits per heavy atom. The molecule has 17 heavy (non-hydrogen) atoms. The van der Waals surface area contributed by atoms with Crippen LogP contribution in [0.3, 0.4) is 0 Å². The molecule has 1 amide bonds. The molecular formula is C8H11ClN6OS. The predicted octanol–water partition coefficient (Wildman–Crippen LogP) is -0.166. The first-order valence-corrected chi connectivity index (χ1v) is 5.50. The quantitative estimate of drug-likeness (QED) is 0.807. The highest BCUT2D eigenvalue weighted by Crippen LogP contribution is 2.19. The summed E-state index contributed by atoms with van der Waals surface area (Å²) in [6.45, 7) is 0.864. The van der Waals surface area contributed by atoms with Gasteiger partial charge in [-0.25, -0.2) is 0 Å². The molecule has 92 valence electrons. The van der Waals surface area contributed by atoms with Gasteiger partial charge in [0.1, 0.15) is 11.2 Å². The van der Waals surface area contributed by atoms with E-state index >= 15 is 0 Å². The van der Waals surface area contributed by atoms with Crippen LogP contribution in [0.1, 0.15) is 9.67 Å². The summed E-state index contributed by atoms with van der Waals surface area (Å²) in [5.74, 6) is -0.161. The zero-order valence-electron chi connectivity index (χ0n) is 8.74. The highest BCUT2D eigenvalue weighted by atomic mass is 35.5. The molecule has 0 aliphatic heterocycles. The summed E-state index contributed by atoms with van der Waals surface area (Å²) in [5, 5.41) is 15.3. The lowest BCUT2D eigenvalue weighted by atomic mass is 10.3. The number of tetrazole rings is 1. The van der Waals surface area contributed by atoms with Crippen LogP contribution in [0.15, 0.2) is 17.8 Å². The second-order valence-corrected chi connectivity index (χ2v) is 3.85. The summed E-state index contributed by atoms with van der Waals surface area (Å²) in [5.41, 5.74) is 5.98. The van der Waals surface area contributed by atoms with Crippen molar-refractivity contribution >= 4 is 29.7 Å². The molecule has 0 radical (unpaired) electrons. The molecule has 2 heterocycles. The van der Waals surface area contributed by atoms with Crippen molar-refractivity contribution in [1.82, 2.24) is 25.5 Å². The van der Waals surface area contributed by atoms with E-state index in [4.69, 9.17) is 5.73 Å². The Hall–Kier alpha value is -1.51. The largest absolute Gasteiger partial charge is 0.350 e. The molecule has 0 spiro atoms. The Bertz CT molecular complexity index is 470. The molecule has 0 aromatic carbocycles. The molecule has 0 aliphatic carbocycles. The van der Waals surface area contributed by atoms with Crippen LogP contribution >= 0.6 is 23.7 Å². The van der Waals surface area contributed by atoms with Gasteiger partial charge in [-0.05, 0) is 21.9 Å². The number of carbonyl (C=O) groups is 1. The maximum absolute atomic E-state index is 11.7. The summed E-state index contributed by atoms with van der Waals surface area (Å²) < 4.78 is 1.45. The monoisotopic (exact) mass is 274 g/mol. The minimum absolute atomic E-state index is 0. The fourth-order valence-corrected chi connectivity index (χ4v) is 1.99. The van der Waals surface area contributed by atoms with Crippen molar-refractivity contribution in [2.24, 2.45) is 5.73 Å². The molecule has 3 N–H and O–H groups in total. The molecule has 0 fully saturated rings. The zero-order valence-corrected chi connectivity index (χ0v) is 10.4. The van der Waals surface area contributed by atoms with Crippen molar-refractivity contribution in [3.63, 3.8) is 0 Å². The van der Waals surface area contributed by atoms with E-state index in [0.29, 0.717) is 23.7 Å². The van der Waals surface area contributed by atoms with Crippen molar-refractivity contribution < 1.29 is 4.79 Å². The number of nitrogens with two attached hydrogens (primary N) is 1. The second kappa shape index (κ2) is 6.28. The number of aromatic nitrogens is 4. The minimum atomic E-state index is -0.161. The first kappa shape index (κ1) is 13.6. The van der Waals surface area contributed by atoms with Crippen LogP contribution in [0.5, 0.6) is 0 Å². The van der Waals surface area contributed by atoms with E-state index in [-0.39, 0.29) is 18.3 Å². The third kappa shape index (κ3) is 2.99. The summed E-state index contributed by atoms with van der Waals surface area (Å²) >= 11 is 1.34. The summed E-state index contributed by atoms with van der Waals surface area (Å²) in [7, 11) is 0. The molecule has 0 aliphatic rings. The first-order chi connectivity index (χ1) is 7.83. The molecule has 0 saturated carbocycles. The molecule has 9 heteroatoms. The Morgan fingerprint density at radius 2 is 2.41 bits per heavy atom. The Balaban J connectivity index is 0.00000144. The van der Waals surface area contributed by atoms with Gasteiger partial charge in [-0.3, -0.25) is 4.79 Å². The fraction of sp³-hybridized carbons (Fsp3) is 0.250.